The second kappa shape index (κ2) is 4.94. The summed E-state index contributed by atoms with van der Waals surface area (Å²) >= 11 is 9.56. The maximum absolute atomic E-state index is 6.00. The second-order valence-corrected chi connectivity index (χ2v) is 5.40. The van der Waals surface area contributed by atoms with E-state index in [1.54, 1.807) is 6.20 Å². The fourth-order valence-corrected chi connectivity index (χ4v) is 2.59. The predicted octanol–water partition coefficient (Wildman–Crippen LogP) is 4.23. The van der Waals surface area contributed by atoms with Crippen LogP contribution in [0.5, 0.6) is 0 Å². The Kier molecular flexibility index (Phi) is 3.29. The van der Waals surface area contributed by atoms with Gasteiger partial charge in [-0.15, -0.1) is 11.6 Å². The number of fused-ring (bicyclic) bond motifs is 1. The van der Waals surface area contributed by atoms with E-state index in [0.29, 0.717) is 5.88 Å². The first-order valence-corrected chi connectivity index (χ1v) is 7.18. The molecular formula is C14H11BrClN3. The summed E-state index contributed by atoms with van der Waals surface area (Å²) in [6.07, 6.45) is 1.77. The minimum atomic E-state index is 0.349. The molecule has 0 spiro atoms. The lowest BCUT2D eigenvalue weighted by atomic mass is 10.2. The highest BCUT2D eigenvalue weighted by Gasteiger charge is 2.12. The van der Waals surface area contributed by atoms with E-state index in [-0.39, 0.29) is 0 Å². The molecule has 2 heterocycles. The van der Waals surface area contributed by atoms with Crippen molar-refractivity contribution in [3.8, 4) is 5.69 Å². The Hall–Kier alpha value is -1.39. The van der Waals surface area contributed by atoms with E-state index in [9.17, 15) is 0 Å². The first-order valence-electron chi connectivity index (χ1n) is 5.85. The molecule has 0 radical (unpaired) electrons. The Balaban J connectivity index is 2.31. The molecule has 0 amide bonds. The number of imidazole rings is 1. The molecule has 3 nitrogen and oxygen atoms in total. The summed E-state index contributed by atoms with van der Waals surface area (Å²) < 4.78 is 3.05. The summed E-state index contributed by atoms with van der Waals surface area (Å²) in [4.78, 5) is 8.92. The average Bonchev–Trinajstić information content (AvgIpc) is 2.80. The number of hydrogen-bond acceptors (Lipinski definition) is 2. The lowest BCUT2D eigenvalue weighted by Gasteiger charge is -2.08. The zero-order valence-corrected chi connectivity index (χ0v) is 12.6. The maximum atomic E-state index is 6.00. The van der Waals surface area contributed by atoms with E-state index >= 15 is 0 Å². The minimum absolute atomic E-state index is 0.349. The molecule has 0 saturated carbocycles. The Bertz CT molecular complexity index is 752. The van der Waals surface area contributed by atoms with Crippen molar-refractivity contribution in [3.05, 3.63) is 52.4 Å². The topological polar surface area (TPSA) is 30.7 Å². The van der Waals surface area contributed by atoms with E-state index in [1.165, 1.54) is 5.56 Å². The number of hydrogen-bond donors (Lipinski definition) is 0. The molecule has 19 heavy (non-hydrogen) atoms. The minimum Gasteiger partial charge on any atom is -0.280 e. The molecule has 0 aliphatic rings. The molecule has 0 saturated heterocycles. The number of nitrogens with zero attached hydrogens (tertiary/aromatic N) is 3. The lowest BCUT2D eigenvalue weighted by molar-refractivity contribution is 0.968. The third kappa shape index (κ3) is 2.15. The maximum Gasteiger partial charge on any atom is 0.164 e. The van der Waals surface area contributed by atoms with Crippen molar-refractivity contribution in [1.29, 1.82) is 0 Å². The van der Waals surface area contributed by atoms with Crippen LogP contribution in [-0.2, 0) is 5.88 Å². The van der Waals surface area contributed by atoms with Gasteiger partial charge in [0.1, 0.15) is 11.3 Å². The fourth-order valence-electron chi connectivity index (χ4n) is 2.04. The van der Waals surface area contributed by atoms with Crippen LogP contribution in [0.25, 0.3) is 16.9 Å². The molecule has 0 fully saturated rings. The van der Waals surface area contributed by atoms with Crippen molar-refractivity contribution < 1.29 is 0 Å². The predicted molar refractivity (Wildman–Crippen MR) is 80.9 cm³/mol. The van der Waals surface area contributed by atoms with Crippen molar-refractivity contribution in [2.45, 2.75) is 12.8 Å². The van der Waals surface area contributed by atoms with Gasteiger partial charge in [-0.05, 0) is 36.8 Å². The zero-order chi connectivity index (χ0) is 13.4. The molecule has 2 aromatic heterocycles. The quantitative estimate of drug-likeness (QED) is 0.656. The molecule has 0 N–H and O–H groups in total. The van der Waals surface area contributed by atoms with E-state index in [2.05, 4.69) is 45.0 Å². The van der Waals surface area contributed by atoms with Crippen LogP contribution < -0.4 is 0 Å². The van der Waals surface area contributed by atoms with Crippen LogP contribution in [0.3, 0.4) is 0 Å². The highest BCUT2D eigenvalue weighted by Crippen LogP contribution is 2.25. The number of benzene rings is 1. The summed E-state index contributed by atoms with van der Waals surface area (Å²) in [5.74, 6) is 1.15. The number of halogens is 2. The Morgan fingerprint density at radius 3 is 2.89 bits per heavy atom. The summed E-state index contributed by atoms with van der Waals surface area (Å²) in [5.41, 5.74) is 3.88. The van der Waals surface area contributed by atoms with Gasteiger partial charge >= 0.3 is 0 Å². The molecule has 5 heteroatoms. The van der Waals surface area contributed by atoms with E-state index in [0.717, 1.165) is 27.1 Å². The van der Waals surface area contributed by atoms with Gasteiger partial charge in [-0.25, -0.2) is 9.97 Å². The molecule has 96 valence electrons. The smallest absolute Gasteiger partial charge is 0.164 e. The van der Waals surface area contributed by atoms with Gasteiger partial charge in [-0.1, -0.05) is 22.0 Å². The standard InChI is InChI=1S/C14H11BrClN3/c1-9-4-5-10(7-11(9)15)19-13(8-16)18-12-3-2-6-17-14(12)19/h2-7H,8H2,1H3. The van der Waals surface area contributed by atoms with Gasteiger partial charge in [0.25, 0.3) is 0 Å². The number of aryl methyl sites for hydroxylation is 1. The number of alkyl halides is 1. The third-order valence-electron chi connectivity index (χ3n) is 3.02. The summed E-state index contributed by atoms with van der Waals surface area (Å²) in [6.45, 7) is 2.06. The summed E-state index contributed by atoms with van der Waals surface area (Å²) in [5, 5.41) is 0. The average molecular weight is 337 g/mol. The van der Waals surface area contributed by atoms with Gasteiger partial charge in [-0.2, -0.15) is 0 Å². The van der Waals surface area contributed by atoms with Gasteiger partial charge in [0.2, 0.25) is 0 Å². The monoisotopic (exact) mass is 335 g/mol. The number of aromatic nitrogens is 3. The first kappa shape index (κ1) is 12.6. The van der Waals surface area contributed by atoms with Gasteiger partial charge in [0, 0.05) is 10.7 Å². The van der Waals surface area contributed by atoms with Crippen LogP contribution in [0, 0.1) is 6.92 Å². The molecule has 3 rings (SSSR count). The molecule has 1 aromatic carbocycles. The van der Waals surface area contributed by atoms with Crippen molar-refractivity contribution in [1.82, 2.24) is 14.5 Å². The van der Waals surface area contributed by atoms with Crippen LogP contribution in [-0.4, -0.2) is 14.5 Å². The molecule has 3 aromatic rings. The third-order valence-corrected chi connectivity index (χ3v) is 4.11. The second-order valence-electron chi connectivity index (χ2n) is 4.28. The van der Waals surface area contributed by atoms with Crippen LogP contribution in [0.15, 0.2) is 41.0 Å². The van der Waals surface area contributed by atoms with Crippen molar-refractivity contribution in [3.63, 3.8) is 0 Å². The highest BCUT2D eigenvalue weighted by atomic mass is 79.9. The van der Waals surface area contributed by atoms with Crippen LogP contribution >= 0.6 is 27.5 Å². The number of pyridine rings is 1. The van der Waals surface area contributed by atoms with Crippen LogP contribution in [0.4, 0.5) is 0 Å². The van der Waals surface area contributed by atoms with E-state index < -0.39 is 0 Å². The van der Waals surface area contributed by atoms with Gasteiger partial charge < -0.3 is 0 Å². The number of rotatable bonds is 2. The molecule has 0 aliphatic heterocycles. The van der Waals surface area contributed by atoms with Gasteiger partial charge in [-0.3, -0.25) is 4.57 Å². The normalized spacial score (nSPS) is 11.1. The Morgan fingerprint density at radius 1 is 1.32 bits per heavy atom. The largest absolute Gasteiger partial charge is 0.280 e. The molecule has 0 bridgehead atoms. The van der Waals surface area contributed by atoms with Crippen molar-refractivity contribution in [2.24, 2.45) is 0 Å². The molecular weight excluding hydrogens is 326 g/mol. The zero-order valence-electron chi connectivity index (χ0n) is 10.3. The van der Waals surface area contributed by atoms with E-state index in [4.69, 9.17) is 11.6 Å². The first-order chi connectivity index (χ1) is 9.20. The molecule has 0 unspecified atom stereocenters. The SMILES string of the molecule is Cc1ccc(-n2c(CCl)nc3cccnc32)cc1Br. The Labute approximate surface area is 124 Å². The fraction of sp³-hybridized carbons (Fsp3) is 0.143. The van der Waals surface area contributed by atoms with Gasteiger partial charge in [0.15, 0.2) is 5.65 Å². The summed E-state index contributed by atoms with van der Waals surface area (Å²) in [6, 6.07) is 9.99. The molecule has 0 atom stereocenters. The molecule has 0 aliphatic carbocycles. The van der Waals surface area contributed by atoms with Gasteiger partial charge in [0.05, 0.1) is 11.6 Å². The van der Waals surface area contributed by atoms with Crippen LogP contribution in [0.2, 0.25) is 0 Å². The van der Waals surface area contributed by atoms with E-state index in [1.807, 2.05) is 22.8 Å². The van der Waals surface area contributed by atoms with Crippen molar-refractivity contribution >= 4 is 38.7 Å². The lowest BCUT2D eigenvalue weighted by Crippen LogP contribution is -2.00. The Morgan fingerprint density at radius 2 is 2.16 bits per heavy atom. The van der Waals surface area contributed by atoms with Crippen molar-refractivity contribution in [2.75, 3.05) is 0 Å². The summed E-state index contributed by atoms with van der Waals surface area (Å²) in [7, 11) is 0. The van der Waals surface area contributed by atoms with Crippen LogP contribution in [0.1, 0.15) is 11.4 Å². The highest BCUT2D eigenvalue weighted by molar-refractivity contribution is 9.10.